The fourth-order valence-electron chi connectivity index (χ4n) is 3.35. The highest BCUT2D eigenvalue weighted by Crippen LogP contribution is 2.33. The molecule has 2 aromatic heterocycles. The topological polar surface area (TPSA) is 92.0 Å². The van der Waals surface area contributed by atoms with Gasteiger partial charge >= 0.3 is 0 Å². The number of hydrogen-bond donors (Lipinski definition) is 0. The van der Waals surface area contributed by atoms with Crippen LogP contribution in [0.15, 0.2) is 33.3 Å². The van der Waals surface area contributed by atoms with E-state index in [9.17, 15) is 5.26 Å². The number of aromatic nitrogens is 3. The van der Waals surface area contributed by atoms with Gasteiger partial charge in [0.05, 0.1) is 5.69 Å². The molecular weight excluding hydrogens is 318 g/mol. The first-order valence-electron chi connectivity index (χ1n) is 8.21. The first-order chi connectivity index (χ1) is 12.2. The third kappa shape index (κ3) is 2.66. The van der Waals surface area contributed by atoms with Crippen LogP contribution in [0, 0.1) is 25.3 Å². The zero-order chi connectivity index (χ0) is 17.4. The molecule has 0 saturated carbocycles. The second-order valence-electron chi connectivity index (χ2n) is 6.19. The summed E-state index contributed by atoms with van der Waals surface area (Å²) < 4.78 is 10.7. The molecule has 1 aliphatic rings. The minimum absolute atomic E-state index is 0.0896. The van der Waals surface area contributed by atoms with E-state index in [1.54, 1.807) is 4.90 Å². The Balaban J connectivity index is 1.68. The summed E-state index contributed by atoms with van der Waals surface area (Å²) in [5.74, 6) is 1.79. The highest BCUT2D eigenvalue weighted by molar-refractivity contribution is 5.72. The summed E-state index contributed by atoms with van der Waals surface area (Å²) >= 11 is 0. The van der Waals surface area contributed by atoms with Crippen molar-refractivity contribution in [2.45, 2.75) is 32.7 Å². The summed E-state index contributed by atoms with van der Waals surface area (Å²) in [7, 11) is 0. The number of benzene rings is 1. The molecule has 1 aromatic carbocycles. The summed E-state index contributed by atoms with van der Waals surface area (Å²) in [6.07, 6.45) is 4.02. The summed E-state index contributed by atoms with van der Waals surface area (Å²) in [5.41, 5.74) is 3.65. The number of aryl methyl sites for hydroxylation is 2. The van der Waals surface area contributed by atoms with Crippen molar-refractivity contribution < 1.29 is 9.05 Å². The number of nitrogens with zero attached hydrogens (tertiary/aromatic N) is 5. The summed E-state index contributed by atoms with van der Waals surface area (Å²) in [6.45, 7) is 4.55. The minimum Gasteiger partial charge on any atom is -0.361 e. The Hall–Kier alpha value is -3.14. The van der Waals surface area contributed by atoms with Gasteiger partial charge in [0.25, 0.3) is 5.89 Å². The van der Waals surface area contributed by atoms with Crippen molar-refractivity contribution in [3.05, 3.63) is 41.5 Å². The molecule has 1 saturated heterocycles. The maximum absolute atomic E-state index is 9.19. The van der Waals surface area contributed by atoms with Crippen molar-refractivity contribution >= 4 is 0 Å². The molecule has 7 heteroatoms. The smallest absolute Gasteiger partial charge is 0.258 e. The SMILES string of the molecule is Cc1noc(C)c1-c1cccc(-c2nc(C3CCCN3C#N)no2)c1. The molecular formula is C18H17N5O2. The van der Waals surface area contributed by atoms with Crippen molar-refractivity contribution in [3.8, 4) is 28.8 Å². The molecule has 1 unspecified atom stereocenters. The van der Waals surface area contributed by atoms with E-state index in [-0.39, 0.29) is 6.04 Å². The van der Waals surface area contributed by atoms with Crippen molar-refractivity contribution in [1.82, 2.24) is 20.2 Å². The van der Waals surface area contributed by atoms with Gasteiger partial charge in [-0.15, -0.1) is 0 Å². The molecule has 1 aliphatic heterocycles. The predicted octanol–water partition coefficient (Wildman–Crippen LogP) is 3.63. The van der Waals surface area contributed by atoms with E-state index in [4.69, 9.17) is 9.05 Å². The maximum atomic E-state index is 9.19. The lowest BCUT2D eigenvalue weighted by molar-refractivity contribution is 0.339. The van der Waals surface area contributed by atoms with Gasteiger partial charge in [-0.2, -0.15) is 10.2 Å². The number of hydrogen-bond acceptors (Lipinski definition) is 7. The Morgan fingerprint density at radius 2 is 2.04 bits per heavy atom. The fraction of sp³-hybridized carbons (Fsp3) is 0.333. The van der Waals surface area contributed by atoms with Crippen molar-refractivity contribution in [1.29, 1.82) is 5.26 Å². The van der Waals surface area contributed by atoms with Crippen LogP contribution in [0.2, 0.25) is 0 Å². The third-order valence-corrected chi connectivity index (χ3v) is 4.55. The summed E-state index contributed by atoms with van der Waals surface area (Å²) in [6, 6.07) is 7.77. The zero-order valence-corrected chi connectivity index (χ0v) is 14.1. The van der Waals surface area contributed by atoms with Crippen LogP contribution in [0.5, 0.6) is 0 Å². The molecule has 7 nitrogen and oxygen atoms in total. The van der Waals surface area contributed by atoms with Crippen LogP contribution in [0.4, 0.5) is 0 Å². The number of likely N-dealkylation sites (tertiary alicyclic amines) is 1. The Labute approximate surface area is 144 Å². The molecule has 4 rings (SSSR count). The van der Waals surface area contributed by atoms with E-state index < -0.39 is 0 Å². The summed E-state index contributed by atoms with van der Waals surface area (Å²) in [4.78, 5) is 6.22. The Kier molecular flexibility index (Phi) is 3.73. The van der Waals surface area contributed by atoms with E-state index in [1.165, 1.54) is 0 Å². The largest absolute Gasteiger partial charge is 0.361 e. The average Bonchev–Trinajstić information content (AvgIpc) is 3.34. The Bertz CT molecular complexity index is 933. The number of nitriles is 1. The number of rotatable bonds is 3. The lowest BCUT2D eigenvalue weighted by Crippen LogP contribution is -2.17. The van der Waals surface area contributed by atoms with Crippen LogP contribution < -0.4 is 0 Å². The summed E-state index contributed by atoms with van der Waals surface area (Å²) in [5, 5.41) is 17.3. The van der Waals surface area contributed by atoms with Gasteiger partial charge in [0, 0.05) is 17.7 Å². The Morgan fingerprint density at radius 3 is 2.80 bits per heavy atom. The molecule has 0 bridgehead atoms. The van der Waals surface area contributed by atoms with E-state index in [0.717, 1.165) is 47.5 Å². The molecule has 25 heavy (non-hydrogen) atoms. The van der Waals surface area contributed by atoms with Gasteiger partial charge in [-0.3, -0.25) is 4.90 Å². The van der Waals surface area contributed by atoms with E-state index in [2.05, 4.69) is 21.5 Å². The molecule has 1 fully saturated rings. The second-order valence-corrected chi connectivity index (χ2v) is 6.19. The maximum Gasteiger partial charge on any atom is 0.258 e. The Morgan fingerprint density at radius 1 is 1.20 bits per heavy atom. The van der Waals surface area contributed by atoms with E-state index >= 15 is 0 Å². The van der Waals surface area contributed by atoms with Crippen LogP contribution in [0.3, 0.4) is 0 Å². The second kappa shape index (κ2) is 6.06. The molecule has 3 aromatic rings. The first kappa shape index (κ1) is 15.4. The first-order valence-corrected chi connectivity index (χ1v) is 8.21. The van der Waals surface area contributed by atoms with Gasteiger partial charge < -0.3 is 9.05 Å². The van der Waals surface area contributed by atoms with Crippen molar-refractivity contribution in [3.63, 3.8) is 0 Å². The highest BCUT2D eigenvalue weighted by atomic mass is 16.5. The average molecular weight is 335 g/mol. The highest BCUT2D eigenvalue weighted by Gasteiger charge is 2.29. The quantitative estimate of drug-likeness (QED) is 0.675. The van der Waals surface area contributed by atoms with Crippen LogP contribution in [0.25, 0.3) is 22.6 Å². The van der Waals surface area contributed by atoms with Gasteiger partial charge in [-0.05, 0) is 44.4 Å². The molecule has 0 N–H and O–H groups in total. The van der Waals surface area contributed by atoms with Crippen LogP contribution in [-0.4, -0.2) is 26.7 Å². The fourth-order valence-corrected chi connectivity index (χ4v) is 3.35. The normalized spacial score (nSPS) is 17.0. The van der Waals surface area contributed by atoms with Gasteiger partial charge in [-0.1, -0.05) is 22.4 Å². The van der Waals surface area contributed by atoms with Crippen LogP contribution >= 0.6 is 0 Å². The molecule has 126 valence electrons. The monoisotopic (exact) mass is 335 g/mol. The van der Waals surface area contributed by atoms with Crippen LogP contribution in [0.1, 0.15) is 36.2 Å². The molecule has 0 amide bonds. The lowest BCUT2D eigenvalue weighted by atomic mass is 10.0. The van der Waals surface area contributed by atoms with Gasteiger partial charge in [0.15, 0.2) is 12.0 Å². The predicted molar refractivity (Wildman–Crippen MR) is 89.0 cm³/mol. The molecule has 0 spiro atoms. The van der Waals surface area contributed by atoms with E-state index in [0.29, 0.717) is 11.7 Å². The van der Waals surface area contributed by atoms with Gasteiger partial charge in [0.1, 0.15) is 11.8 Å². The molecule has 0 radical (unpaired) electrons. The van der Waals surface area contributed by atoms with Crippen molar-refractivity contribution in [2.24, 2.45) is 0 Å². The zero-order valence-electron chi connectivity index (χ0n) is 14.1. The van der Waals surface area contributed by atoms with Gasteiger partial charge in [0.2, 0.25) is 0 Å². The van der Waals surface area contributed by atoms with E-state index in [1.807, 2.05) is 38.1 Å². The van der Waals surface area contributed by atoms with Crippen LogP contribution in [-0.2, 0) is 0 Å². The minimum atomic E-state index is -0.0896. The van der Waals surface area contributed by atoms with Gasteiger partial charge in [-0.25, -0.2) is 0 Å². The molecule has 3 heterocycles. The standard InChI is InChI=1S/C18H17N5O2/c1-11-16(12(2)24-21-11)13-5-3-6-14(9-13)18-20-17(22-25-18)15-7-4-8-23(15)10-19/h3,5-6,9,15H,4,7-8H2,1-2H3. The van der Waals surface area contributed by atoms with Crippen molar-refractivity contribution in [2.75, 3.05) is 6.54 Å². The molecule has 1 atom stereocenters. The third-order valence-electron chi connectivity index (χ3n) is 4.55. The molecule has 0 aliphatic carbocycles. The lowest BCUT2D eigenvalue weighted by Gasteiger charge is -2.13.